The van der Waals surface area contributed by atoms with E-state index in [1.807, 2.05) is 0 Å². The Morgan fingerprint density at radius 3 is 2.50 bits per heavy atom. The van der Waals surface area contributed by atoms with Gasteiger partial charge in [0.15, 0.2) is 0 Å². The van der Waals surface area contributed by atoms with E-state index in [2.05, 4.69) is 6.58 Å². The topological polar surface area (TPSA) is 23.8 Å². The smallest absolute Gasteiger partial charge is 0.192 e. The molecule has 0 heterocycles. The first kappa shape index (κ1) is 12.3. The third kappa shape index (κ3) is 2.43. The quantitative estimate of drug-likeness (QED) is 0.751. The van der Waals surface area contributed by atoms with Gasteiger partial charge in [-0.1, -0.05) is 19.1 Å². The molecule has 0 spiro atoms. The molecule has 0 aliphatic heterocycles. The van der Waals surface area contributed by atoms with Gasteiger partial charge >= 0.3 is 6.18 Å². The van der Waals surface area contributed by atoms with Gasteiger partial charge in [-0.3, -0.25) is 0 Å². The first-order chi connectivity index (χ1) is 7.40. The van der Waals surface area contributed by atoms with Gasteiger partial charge in [0, 0.05) is 5.92 Å². The Morgan fingerprint density at radius 2 is 2.06 bits per heavy atom. The summed E-state index contributed by atoms with van der Waals surface area (Å²) in [4.78, 5) is 0. The molecular formula is C12H9F3N. The van der Waals surface area contributed by atoms with Crippen LogP contribution in [0.4, 0.5) is 13.2 Å². The predicted octanol–water partition coefficient (Wildman–Crippen LogP) is 3.71. The minimum Gasteiger partial charge on any atom is -0.192 e. The predicted molar refractivity (Wildman–Crippen MR) is 54.4 cm³/mol. The summed E-state index contributed by atoms with van der Waals surface area (Å²) in [5.41, 5.74) is -0.858. The van der Waals surface area contributed by atoms with Gasteiger partial charge in [0.05, 0.1) is 17.2 Å². The number of rotatable bonds is 2. The molecule has 0 aliphatic rings. The standard InChI is InChI=1S/C12H9F3N/c1-3-8(2)9-4-5-10(7-16)11(6-9)12(13,14)15/h3-6H,1H2,2H3. The van der Waals surface area contributed by atoms with Crippen molar-refractivity contribution in [1.29, 1.82) is 5.26 Å². The third-order valence-corrected chi connectivity index (χ3v) is 2.21. The Bertz CT molecular complexity index is 441. The molecule has 0 bridgehead atoms. The van der Waals surface area contributed by atoms with Crippen LogP contribution in [-0.2, 0) is 6.18 Å². The average molecular weight is 224 g/mol. The van der Waals surface area contributed by atoms with E-state index in [4.69, 9.17) is 5.26 Å². The van der Waals surface area contributed by atoms with Crippen LogP contribution in [0, 0.1) is 17.2 Å². The first-order valence-corrected chi connectivity index (χ1v) is 4.48. The van der Waals surface area contributed by atoms with Crippen LogP contribution in [0.5, 0.6) is 0 Å². The van der Waals surface area contributed by atoms with Gasteiger partial charge in [0.1, 0.15) is 0 Å². The van der Waals surface area contributed by atoms with Gasteiger partial charge in [-0.05, 0) is 17.7 Å². The summed E-state index contributed by atoms with van der Waals surface area (Å²) in [6.07, 6.45) is -3.04. The van der Waals surface area contributed by atoms with E-state index in [1.165, 1.54) is 24.3 Å². The Labute approximate surface area is 91.8 Å². The van der Waals surface area contributed by atoms with Crippen LogP contribution in [0.25, 0.3) is 0 Å². The van der Waals surface area contributed by atoms with Gasteiger partial charge in [-0.15, -0.1) is 6.58 Å². The van der Waals surface area contributed by atoms with Crippen LogP contribution in [0.1, 0.15) is 23.6 Å². The molecule has 4 heteroatoms. The van der Waals surface area contributed by atoms with E-state index in [-0.39, 0.29) is 5.56 Å². The second-order valence-electron chi connectivity index (χ2n) is 3.26. The van der Waals surface area contributed by atoms with Crippen molar-refractivity contribution in [1.82, 2.24) is 0 Å². The minimum atomic E-state index is -4.51. The van der Waals surface area contributed by atoms with Crippen LogP contribution < -0.4 is 0 Å². The molecule has 83 valence electrons. The van der Waals surface area contributed by atoms with Gasteiger partial charge < -0.3 is 0 Å². The molecule has 0 amide bonds. The molecule has 16 heavy (non-hydrogen) atoms. The maximum atomic E-state index is 12.6. The summed E-state index contributed by atoms with van der Waals surface area (Å²) in [6, 6.07) is 5.15. The minimum absolute atomic E-state index is 0.367. The van der Waals surface area contributed by atoms with Crippen molar-refractivity contribution in [2.45, 2.75) is 13.1 Å². The molecule has 0 saturated heterocycles. The molecule has 0 aliphatic carbocycles. The molecule has 0 aromatic heterocycles. The highest BCUT2D eigenvalue weighted by molar-refractivity contribution is 5.47. The van der Waals surface area contributed by atoms with Crippen molar-refractivity contribution in [2.75, 3.05) is 0 Å². The van der Waals surface area contributed by atoms with Crippen molar-refractivity contribution in [3.05, 3.63) is 53.5 Å². The molecule has 0 fully saturated rings. The number of halogens is 3. The highest BCUT2D eigenvalue weighted by Gasteiger charge is 2.33. The molecule has 0 N–H and O–H groups in total. The van der Waals surface area contributed by atoms with Crippen LogP contribution in [0.15, 0.2) is 30.9 Å². The van der Waals surface area contributed by atoms with E-state index in [0.717, 1.165) is 6.07 Å². The summed E-state index contributed by atoms with van der Waals surface area (Å²) >= 11 is 0. The summed E-state index contributed by atoms with van der Waals surface area (Å²) in [5.74, 6) is 0.634. The van der Waals surface area contributed by atoms with E-state index >= 15 is 0 Å². The SMILES string of the molecule is C=C[C](C)c1ccc(C#N)c(C(F)(F)F)c1. The molecule has 1 nitrogen and oxygen atoms in total. The molecule has 1 rings (SSSR count). The largest absolute Gasteiger partial charge is 0.417 e. The second kappa shape index (κ2) is 4.40. The summed E-state index contributed by atoms with van der Waals surface area (Å²) in [7, 11) is 0. The number of nitriles is 1. The highest BCUT2D eigenvalue weighted by Crippen LogP contribution is 2.33. The van der Waals surface area contributed by atoms with Crippen LogP contribution >= 0.6 is 0 Å². The van der Waals surface area contributed by atoms with Crippen molar-refractivity contribution >= 4 is 0 Å². The average Bonchev–Trinajstić information content (AvgIpc) is 2.26. The zero-order valence-corrected chi connectivity index (χ0v) is 8.60. The number of allylic oxidation sites excluding steroid dienone is 1. The lowest BCUT2D eigenvalue weighted by atomic mass is 9.96. The zero-order chi connectivity index (χ0) is 12.3. The fourth-order valence-electron chi connectivity index (χ4n) is 1.24. The number of nitrogens with zero attached hydrogens (tertiary/aromatic N) is 1. The lowest BCUT2D eigenvalue weighted by Crippen LogP contribution is -2.09. The van der Waals surface area contributed by atoms with Crippen LogP contribution in [-0.4, -0.2) is 0 Å². The fraction of sp³-hybridized carbons (Fsp3) is 0.167. The van der Waals surface area contributed by atoms with Crippen molar-refractivity contribution in [3.8, 4) is 6.07 Å². The highest BCUT2D eigenvalue weighted by atomic mass is 19.4. The van der Waals surface area contributed by atoms with Crippen molar-refractivity contribution < 1.29 is 13.2 Å². The van der Waals surface area contributed by atoms with E-state index in [1.54, 1.807) is 6.92 Å². The third-order valence-electron chi connectivity index (χ3n) is 2.21. The maximum Gasteiger partial charge on any atom is 0.417 e. The summed E-state index contributed by atoms with van der Waals surface area (Å²) in [5, 5.41) is 8.59. The molecule has 0 unspecified atom stereocenters. The van der Waals surface area contributed by atoms with Gasteiger partial charge in [0.25, 0.3) is 0 Å². The van der Waals surface area contributed by atoms with Gasteiger partial charge in [-0.25, -0.2) is 0 Å². The van der Waals surface area contributed by atoms with Crippen LogP contribution in [0.3, 0.4) is 0 Å². The number of hydrogen-bond acceptors (Lipinski definition) is 1. The van der Waals surface area contributed by atoms with E-state index < -0.39 is 11.7 Å². The molecule has 1 aromatic carbocycles. The molecule has 1 aromatic rings. The summed E-state index contributed by atoms with van der Waals surface area (Å²) < 4.78 is 37.8. The number of alkyl halides is 3. The van der Waals surface area contributed by atoms with Gasteiger partial charge in [0.2, 0.25) is 0 Å². The lowest BCUT2D eigenvalue weighted by Gasteiger charge is -2.12. The fourth-order valence-corrected chi connectivity index (χ4v) is 1.24. The van der Waals surface area contributed by atoms with Gasteiger partial charge in [-0.2, -0.15) is 18.4 Å². The maximum absolute atomic E-state index is 12.6. The van der Waals surface area contributed by atoms with Crippen molar-refractivity contribution in [2.24, 2.45) is 0 Å². The molecular weight excluding hydrogens is 215 g/mol. The Balaban J connectivity index is 3.34. The second-order valence-corrected chi connectivity index (χ2v) is 3.26. The Morgan fingerprint density at radius 1 is 1.44 bits per heavy atom. The van der Waals surface area contributed by atoms with E-state index in [9.17, 15) is 13.2 Å². The molecule has 1 radical (unpaired) electrons. The van der Waals surface area contributed by atoms with Crippen molar-refractivity contribution in [3.63, 3.8) is 0 Å². The normalized spacial score (nSPS) is 11.2. The molecule has 0 atom stereocenters. The number of benzene rings is 1. The zero-order valence-electron chi connectivity index (χ0n) is 8.60. The summed E-state index contributed by atoms with van der Waals surface area (Å²) in [6.45, 7) is 5.15. The van der Waals surface area contributed by atoms with E-state index in [0.29, 0.717) is 11.5 Å². The first-order valence-electron chi connectivity index (χ1n) is 4.48. The van der Waals surface area contributed by atoms with Crippen LogP contribution in [0.2, 0.25) is 0 Å². The number of hydrogen-bond donors (Lipinski definition) is 0. The Kier molecular flexibility index (Phi) is 3.38. The molecule has 0 saturated carbocycles. The monoisotopic (exact) mass is 224 g/mol. The lowest BCUT2D eigenvalue weighted by molar-refractivity contribution is -0.137. The Hall–Kier alpha value is -1.76.